The molecule has 0 bridgehead atoms. The lowest BCUT2D eigenvalue weighted by Gasteiger charge is -2.03. The smallest absolute Gasteiger partial charge is 0.236 e. The van der Waals surface area contributed by atoms with E-state index < -0.39 is 9.05 Å². The third-order valence-electron chi connectivity index (χ3n) is 2.36. The minimum atomic E-state index is -3.50. The van der Waals surface area contributed by atoms with Gasteiger partial charge in [-0.15, -0.1) is 0 Å². The molecular weight excluding hydrogens is 246 g/mol. The first kappa shape index (κ1) is 11.4. The molecule has 1 aromatic carbocycles. The normalized spacial score (nSPS) is 11.9. The Morgan fingerprint density at radius 2 is 2.06 bits per heavy atom. The van der Waals surface area contributed by atoms with Gasteiger partial charge in [-0.05, 0) is 29.5 Å². The van der Waals surface area contributed by atoms with Gasteiger partial charge in [0.1, 0.15) is 0 Å². The van der Waals surface area contributed by atoms with Gasteiger partial charge in [0.2, 0.25) is 9.05 Å². The summed E-state index contributed by atoms with van der Waals surface area (Å²) in [6, 6.07) is 5.47. The van der Waals surface area contributed by atoms with Crippen LogP contribution in [0.25, 0.3) is 10.8 Å². The number of hydrogen-bond donors (Lipinski definition) is 0. The molecule has 0 amide bonds. The van der Waals surface area contributed by atoms with Gasteiger partial charge < -0.3 is 0 Å². The van der Waals surface area contributed by atoms with Crippen LogP contribution in [0.4, 0.5) is 0 Å². The molecule has 0 unspecified atom stereocenters. The number of aryl methyl sites for hydroxylation is 1. The van der Waals surface area contributed by atoms with Crippen molar-refractivity contribution in [3.05, 3.63) is 41.7 Å². The van der Waals surface area contributed by atoms with Gasteiger partial charge in [-0.3, -0.25) is 4.98 Å². The molecule has 84 valence electrons. The molecule has 0 saturated carbocycles. The summed E-state index contributed by atoms with van der Waals surface area (Å²) in [5, 5.41) is 2.00. The third-order valence-corrected chi connectivity index (χ3v) is 3.37. The molecule has 1 heterocycles. The van der Waals surface area contributed by atoms with Crippen LogP contribution in [0.5, 0.6) is 0 Å². The Morgan fingerprint density at radius 3 is 2.75 bits per heavy atom. The average molecular weight is 256 g/mol. The summed E-state index contributed by atoms with van der Waals surface area (Å²) < 4.78 is 21.9. The van der Waals surface area contributed by atoms with Crippen molar-refractivity contribution in [2.45, 2.75) is 12.7 Å². The quantitative estimate of drug-likeness (QED) is 0.775. The molecule has 0 aliphatic heterocycles. The van der Waals surface area contributed by atoms with E-state index in [9.17, 15) is 8.42 Å². The average Bonchev–Trinajstić information content (AvgIpc) is 2.15. The molecule has 0 atom stereocenters. The number of hydrogen-bond acceptors (Lipinski definition) is 3. The zero-order chi connectivity index (χ0) is 11.8. The van der Waals surface area contributed by atoms with Crippen molar-refractivity contribution < 1.29 is 8.42 Å². The summed E-state index contributed by atoms with van der Waals surface area (Å²) in [6.07, 6.45) is 3.49. The number of fused-ring (bicyclic) bond motifs is 1. The Morgan fingerprint density at radius 1 is 1.31 bits per heavy atom. The molecule has 1 aromatic heterocycles. The summed E-state index contributed by atoms with van der Waals surface area (Å²) in [5.41, 5.74) is 1.74. The number of rotatable bonds is 2. The predicted octanol–water partition coefficient (Wildman–Crippen LogP) is 2.61. The van der Waals surface area contributed by atoms with Gasteiger partial charge >= 0.3 is 0 Å². The van der Waals surface area contributed by atoms with Crippen LogP contribution in [0.3, 0.4) is 0 Å². The van der Waals surface area contributed by atoms with Crippen LogP contribution in [-0.2, 0) is 14.8 Å². The minimum Gasteiger partial charge on any atom is -0.264 e. The van der Waals surface area contributed by atoms with E-state index in [4.69, 9.17) is 10.7 Å². The molecule has 2 rings (SSSR count). The van der Waals surface area contributed by atoms with Gasteiger partial charge in [-0.1, -0.05) is 12.1 Å². The van der Waals surface area contributed by atoms with E-state index in [2.05, 4.69) is 4.98 Å². The zero-order valence-electron chi connectivity index (χ0n) is 8.64. The summed E-state index contributed by atoms with van der Waals surface area (Å²) in [6.45, 7) is 1.97. The Bertz CT molecular complexity index is 637. The van der Waals surface area contributed by atoms with Crippen molar-refractivity contribution in [1.82, 2.24) is 4.98 Å². The molecule has 0 spiro atoms. The third kappa shape index (κ3) is 2.51. The van der Waals surface area contributed by atoms with Crippen LogP contribution in [-0.4, -0.2) is 13.4 Å². The maximum Gasteiger partial charge on any atom is 0.236 e. The van der Waals surface area contributed by atoms with Crippen LogP contribution in [0.2, 0.25) is 0 Å². The highest BCUT2D eigenvalue weighted by Gasteiger charge is 2.08. The van der Waals surface area contributed by atoms with Gasteiger partial charge in [-0.2, -0.15) is 0 Å². The van der Waals surface area contributed by atoms with Crippen LogP contribution in [0.1, 0.15) is 11.1 Å². The van der Waals surface area contributed by atoms with E-state index in [1.165, 1.54) is 0 Å². The standard InChI is InChI=1S/C11H10ClNO2S/c1-8-5-13-6-10-4-9(2-3-11(8)10)7-16(12,14)15/h2-6H,7H2,1H3. The summed E-state index contributed by atoms with van der Waals surface area (Å²) in [4.78, 5) is 4.07. The SMILES string of the molecule is Cc1cncc2cc(CS(=O)(=O)Cl)ccc12. The number of pyridine rings is 1. The van der Waals surface area contributed by atoms with Gasteiger partial charge in [-0.25, -0.2) is 8.42 Å². The van der Waals surface area contributed by atoms with Crippen LogP contribution in [0.15, 0.2) is 30.6 Å². The van der Waals surface area contributed by atoms with Crippen molar-refractivity contribution in [3.63, 3.8) is 0 Å². The van der Waals surface area contributed by atoms with E-state index >= 15 is 0 Å². The summed E-state index contributed by atoms with van der Waals surface area (Å²) in [7, 11) is 1.70. The number of nitrogens with zero attached hydrogens (tertiary/aromatic N) is 1. The number of halogens is 1. The highest BCUT2D eigenvalue weighted by Crippen LogP contribution is 2.20. The molecule has 16 heavy (non-hydrogen) atoms. The topological polar surface area (TPSA) is 47.0 Å². The van der Waals surface area contributed by atoms with Gasteiger partial charge in [0.15, 0.2) is 0 Å². The molecule has 0 N–H and O–H groups in total. The zero-order valence-corrected chi connectivity index (χ0v) is 10.2. The van der Waals surface area contributed by atoms with E-state index in [-0.39, 0.29) is 5.75 Å². The maximum absolute atomic E-state index is 11.0. The fourth-order valence-electron chi connectivity index (χ4n) is 1.67. The van der Waals surface area contributed by atoms with Crippen molar-refractivity contribution >= 4 is 30.5 Å². The van der Waals surface area contributed by atoms with Crippen molar-refractivity contribution in [2.75, 3.05) is 0 Å². The Hall–Kier alpha value is -1.13. The molecule has 0 radical (unpaired) electrons. The highest BCUT2D eigenvalue weighted by molar-refractivity contribution is 8.13. The van der Waals surface area contributed by atoms with Crippen LogP contribution >= 0.6 is 10.7 Å². The number of aromatic nitrogens is 1. The predicted molar refractivity (Wildman–Crippen MR) is 65.0 cm³/mol. The van der Waals surface area contributed by atoms with Gasteiger partial charge in [0.25, 0.3) is 0 Å². The van der Waals surface area contributed by atoms with E-state index in [0.29, 0.717) is 5.56 Å². The van der Waals surface area contributed by atoms with E-state index in [1.54, 1.807) is 24.5 Å². The lowest BCUT2D eigenvalue weighted by molar-refractivity contribution is 0.609. The summed E-state index contributed by atoms with van der Waals surface area (Å²) >= 11 is 0. The Balaban J connectivity index is 2.53. The monoisotopic (exact) mass is 255 g/mol. The van der Waals surface area contributed by atoms with Crippen molar-refractivity contribution in [3.8, 4) is 0 Å². The first-order valence-corrected chi connectivity index (χ1v) is 7.19. The van der Waals surface area contributed by atoms with Crippen LogP contribution in [0, 0.1) is 6.92 Å². The molecule has 5 heteroatoms. The lowest BCUT2D eigenvalue weighted by atomic mass is 10.1. The second-order valence-electron chi connectivity index (χ2n) is 3.70. The molecule has 0 saturated heterocycles. The summed E-state index contributed by atoms with van der Waals surface area (Å²) in [5.74, 6) is -0.154. The lowest BCUT2D eigenvalue weighted by Crippen LogP contribution is -1.95. The number of benzene rings is 1. The minimum absolute atomic E-state index is 0.154. The maximum atomic E-state index is 11.0. The Kier molecular flexibility index (Phi) is 2.86. The molecule has 2 aromatic rings. The molecule has 0 fully saturated rings. The largest absolute Gasteiger partial charge is 0.264 e. The van der Waals surface area contributed by atoms with E-state index in [1.807, 2.05) is 13.0 Å². The van der Waals surface area contributed by atoms with E-state index in [0.717, 1.165) is 16.3 Å². The van der Waals surface area contributed by atoms with Gasteiger partial charge in [0.05, 0.1) is 5.75 Å². The van der Waals surface area contributed by atoms with Crippen molar-refractivity contribution in [1.29, 1.82) is 0 Å². The first-order chi connectivity index (χ1) is 7.46. The fraction of sp³-hybridized carbons (Fsp3) is 0.182. The Labute approximate surface area is 98.5 Å². The molecular formula is C11H10ClNO2S. The second-order valence-corrected chi connectivity index (χ2v) is 6.47. The van der Waals surface area contributed by atoms with Gasteiger partial charge in [0, 0.05) is 28.5 Å². The first-order valence-electron chi connectivity index (χ1n) is 4.71. The van der Waals surface area contributed by atoms with Crippen molar-refractivity contribution in [2.24, 2.45) is 0 Å². The second kappa shape index (κ2) is 4.03. The molecule has 0 aliphatic carbocycles. The molecule has 0 aliphatic rings. The van der Waals surface area contributed by atoms with Crippen LogP contribution < -0.4 is 0 Å². The highest BCUT2D eigenvalue weighted by atomic mass is 35.7. The molecule has 3 nitrogen and oxygen atoms in total. The fourth-order valence-corrected chi connectivity index (χ4v) is 2.62.